The van der Waals surface area contributed by atoms with E-state index < -0.39 is 0 Å². The average Bonchev–Trinajstić information content (AvgIpc) is 2.93. The van der Waals surface area contributed by atoms with Crippen LogP contribution in [0.25, 0.3) is 0 Å². The van der Waals surface area contributed by atoms with Crippen molar-refractivity contribution in [2.45, 2.75) is 19.4 Å². The molecule has 1 N–H and O–H groups in total. The number of carbonyl (C=O) groups is 1. The fourth-order valence-corrected chi connectivity index (χ4v) is 2.33. The Kier molecular flexibility index (Phi) is 4.31. The zero-order chi connectivity index (χ0) is 13.8. The summed E-state index contributed by atoms with van der Waals surface area (Å²) in [6, 6.07) is 4.09. The molecule has 19 heavy (non-hydrogen) atoms. The van der Waals surface area contributed by atoms with E-state index in [0.717, 1.165) is 31.9 Å². The van der Waals surface area contributed by atoms with Crippen molar-refractivity contribution < 1.29 is 4.79 Å². The van der Waals surface area contributed by atoms with Crippen LogP contribution in [-0.4, -0.2) is 60.8 Å². The molecule has 1 aliphatic rings. The zero-order valence-corrected chi connectivity index (χ0v) is 11.8. The predicted octanol–water partition coefficient (Wildman–Crippen LogP) is 0.367. The van der Waals surface area contributed by atoms with Gasteiger partial charge in [0.25, 0.3) is 5.91 Å². The summed E-state index contributed by atoms with van der Waals surface area (Å²) in [7, 11) is 3.42. The molecule has 6 heteroatoms. The van der Waals surface area contributed by atoms with Crippen LogP contribution in [0.1, 0.15) is 23.8 Å². The van der Waals surface area contributed by atoms with E-state index >= 15 is 0 Å². The average molecular weight is 263 g/mol. The Morgan fingerprint density at radius 3 is 2.68 bits per heavy atom. The lowest BCUT2D eigenvalue weighted by Gasteiger charge is -2.27. The second-order valence-corrected chi connectivity index (χ2v) is 4.91. The van der Waals surface area contributed by atoms with E-state index in [4.69, 9.17) is 0 Å². The summed E-state index contributed by atoms with van der Waals surface area (Å²) in [5, 5.41) is 11.6. The third-order valence-corrected chi connectivity index (χ3v) is 3.39. The Hall–Kier alpha value is -1.69. The number of nitrogens with zero attached hydrogens (tertiary/aromatic N) is 4. The number of likely N-dealkylation sites (N-methyl/N-ethyl adjacent to an activating group) is 1. The maximum atomic E-state index is 11.8. The van der Waals surface area contributed by atoms with Crippen LogP contribution in [0.4, 0.5) is 5.82 Å². The van der Waals surface area contributed by atoms with E-state index in [1.165, 1.54) is 4.90 Å². The molecule has 2 heterocycles. The van der Waals surface area contributed by atoms with Crippen molar-refractivity contribution >= 4 is 11.7 Å². The maximum absolute atomic E-state index is 11.8. The molecule has 0 saturated carbocycles. The molecule has 1 aromatic rings. The van der Waals surface area contributed by atoms with Gasteiger partial charge in [0.2, 0.25) is 0 Å². The van der Waals surface area contributed by atoms with Gasteiger partial charge in [-0.15, -0.1) is 10.2 Å². The number of aromatic nitrogens is 2. The maximum Gasteiger partial charge on any atom is 0.273 e. The first-order valence-corrected chi connectivity index (χ1v) is 6.66. The first kappa shape index (κ1) is 13.7. The molecule has 0 aromatic carbocycles. The summed E-state index contributed by atoms with van der Waals surface area (Å²) in [4.78, 5) is 15.5. The van der Waals surface area contributed by atoms with Gasteiger partial charge in [-0.3, -0.25) is 4.79 Å². The first-order valence-electron chi connectivity index (χ1n) is 6.66. The van der Waals surface area contributed by atoms with E-state index in [1.807, 2.05) is 6.07 Å². The van der Waals surface area contributed by atoms with Gasteiger partial charge in [0.15, 0.2) is 11.5 Å². The van der Waals surface area contributed by atoms with Gasteiger partial charge < -0.3 is 15.1 Å². The summed E-state index contributed by atoms with van der Waals surface area (Å²) >= 11 is 0. The van der Waals surface area contributed by atoms with Crippen molar-refractivity contribution in [1.29, 1.82) is 0 Å². The molecule has 0 radical (unpaired) electrons. The molecule has 1 fully saturated rings. The Labute approximate surface area is 113 Å². The van der Waals surface area contributed by atoms with E-state index in [2.05, 4.69) is 27.3 Å². The second kappa shape index (κ2) is 5.97. The second-order valence-electron chi connectivity index (χ2n) is 4.91. The summed E-state index contributed by atoms with van der Waals surface area (Å²) in [6.07, 6.45) is 1.12. The van der Waals surface area contributed by atoms with Crippen LogP contribution in [0.2, 0.25) is 0 Å². The Morgan fingerprint density at radius 1 is 1.42 bits per heavy atom. The van der Waals surface area contributed by atoms with Crippen LogP contribution in [0, 0.1) is 0 Å². The van der Waals surface area contributed by atoms with Crippen molar-refractivity contribution in [3.8, 4) is 0 Å². The van der Waals surface area contributed by atoms with Crippen molar-refractivity contribution in [3.05, 3.63) is 17.8 Å². The quantitative estimate of drug-likeness (QED) is 0.850. The van der Waals surface area contributed by atoms with Gasteiger partial charge >= 0.3 is 0 Å². The molecule has 1 amide bonds. The number of hydrogen-bond acceptors (Lipinski definition) is 5. The fourth-order valence-electron chi connectivity index (χ4n) is 2.33. The Balaban J connectivity index is 2.14. The highest BCUT2D eigenvalue weighted by atomic mass is 16.2. The van der Waals surface area contributed by atoms with Crippen LogP contribution in [0.5, 0.6) is 0 Å². The standard InChI is InChI=1S/C13H21N5O/c1-4-18(10-7-8-14-9-10)12-6-5-11(15-16-12)13(19)17(2)3/h5-6,10,14H,4,7-9H2,1-3H3. The van der Waals surface area contributed by atoms with Crippen molar-refractivity contribution in [3.63, 3.8) is 0 Å². The highest BCUT2D eigenvalue weighted by Gasteiger charge is 2.22. The third kappa shape index (κ3) is 3.01. The number of rotatable bonds is 4. The van der Waals surface area contributed by atoms with Crippen LogP contribution in [-0.2, 0) is 0 Å². The van der Waals surface area contributed by atoms with Gasteiger partial charge in [-0.05, 0) is 32.0 Å². The largest absolute Gasteiger partial charge is 0.351 e. The lowest BCUT2D eigenvalue weighted by Crippen LogP contribution is -2.37. The van der Waals surface area contributed by atoms with E-state index in [9.17, 15) is 4.79 Å². The summed E-state index contributed by atoms with van der Waals surface area (Å²) in [5.74, 6) is 0.719. The Morgan fingerprint density at radius 2 is 2.21 bits per heavy atom. The summed E-state index contributed by atoms with van der Waals surface area (Å²) in [6.45, 7) is 5.03. The van der Waals surface area contributed by atoms with Gasteiger partial charge in [-0.2, -0.15) is 0 Å². The van der Waals surface area contributed by atoms with Gasteiger partial charge in [0, 0.05) is 33.2 Å². The highest BCUT2D eigenvalue weighted by molar-refractivity contribution is 5.91. The normalized spacial score (nSPS) is 18.4. The van der Waals surface area contributed by atoms with Gasteiger partial charge in [0.05, 0.1) is 0 Å². The molecular formula is C13H21N5O. The molecule has 1 atom stereocenters. The van der Waals surface area contributed by atoms with Crippen molar-refractivity contribution in [2.75, 3.05) is 38.6 Å². The van der Waals surface area contributed by atoms with Crippen LogP contribution in [0.3, 0.4) is 0 Å². The minimum absolute atomic E-state index is 0.121. The topological polar surface area (TPSA) is 61.4 Å². The van der Waals surface area contributed by atoms with Crippen LogP contribution >= 0.6 is 0 Å². The zero-order valence-electron chi connectivity index (χ0n) is 11.8. The number of carbonyl (C=O) groups excluding carboxylic acids is 1. The Bertz CT molecular complexity index is 425. The van der Waals surface area contributed by atoms with Gasteiger partial charge in [0.1, 0.15) is 0 Å². The fraction of sp³-hybridized carbons (Fsp3) is 0.615. The molecule has 1 aliphatic heterocycles. The molecule has 1 aromatic heterocycles. The lowest BCUT2D eigenvalue weighted by molar-refractivity contribution is 0.0821. The van der Waals surface area contributed by atoms with Crippen molar-refractivity contribution in [2.24, 2.45) is 0 Å². The molecule has 0 aliphatic carbocycles. The molecule has 0 bridgehead atoms. The predicted molar refractivity (Wildman–Crippen MR) is 74.3 cm³/mol. The molecular weight excluding hydrogens is 242 g/mol. The van der Waals surface area contributed by atoms with Gasteiger partial charge in [-0.25, -0.2) is 0 Å². The van der Waals surface area contributed by atoms with Crippen LogP contribution in [0.15, 0.2) is 12.1 Å². The monoisotopic (exact) mass is 263 g/mol. The van der Waals surface area contributed by atoms with Gasteiger partial charge in [-0.1, -0.05) is 0 Å². The van der Waals surface area contributed by atoms with Crippen LogP contribution < -0.4 is 10.2 Å². The summed E-state index contributed by atoms with van der Waals surface area (Å²) < 4.78 is 0. The number of anilines is 1. The molecule has 104 valence electrons. The highest BCUT2D eigenvalue weighted by Crippen LogP contribution is 2.17. The molecule has 1 unspecified atom stereocenters. The SMILES string of the molecule is CCN(c1ccc(C(=O)N(C)C)nn1)C1CCNC1. The van der Waals surface area contributed by atoms with E-state index in [-0.39, 0.29) is 5.91 Å². The minimum Gasteiger partial charge on any atom is -0.351 e. The smallest absolute Gasteiger partial charge is 0.273 e. The molecule has 1 saturated heterocycles. The van der Waals surface area contributed by atoms with E-state index in [0.29, 0.717) is 11.7 Å². The number of hydrogen-bond donors (Lipinski definition) is 1. The van der Waals surface area contributed by atoms with Crippen molar-refractivity contribution in [1.82, 2.24) is 20.4 Å². The first-order chi connectivity index (χ1) is 9.13. The molecule has 6 nitrogen and oxygen atoms in total. The third-order valence-electron chi connectivity index (χ3n) is 3.39. The lowest BCUT2D eigenvalue weighted by atomic mass is 10.2. The molecule has 2 rings (SSSR count). The summed E-state index contributed by atoms with van der Waals surface area (Å²) in [5.41, 5.74) is 0.384. The number of nitrogens with one attached hydrogen (secondary N) is 1. The van der Waals surface area contributed by atoms with E-state index in [1.54, 1.807) is 20.2 Å². The molecule has 0 spiro atoms. The number of amides is 1. The minimum atomic E-state index is -0.121.